The van der Waals surface area contributed by atoms with Gasteiger partial charge >= 0.3 is 0 Å². The van der Waals surface area contributed by atoms with Crippen LogP contribution in [-0.4, -0.2) is 66.1 Å². The Kier molecular flexibility index (Phi) is 8.27. The van der Waals surface area contributed by atoms with Crippen LogP contribution in [0.4, 0.5) is 4.39 Å². The largest absolute Gasteiger partial charge is 0.488 e. The van der Waals surface area contributed by atoms with Crippen LogP contribution in [0, 0.1) is 11.2 Å². The topological polar surface area (TPSA) is 124 Å². The summed E-state index contributed by atoms with van der Waals surface area (Å²) in [6, 6.07) is 4.10. The second kappa shape index (κ2) is 11.6. The van der Waals surface area contributed by atoms with Crippen molar-refractivity contribution in [2.75, 3.05) is 20.1 Å². The predicted molar refractivity (Wildman–Crippen MR) is 136 cm³/mol. The number of allylic oxidation sites excluding steroid dienone is 2. The molecule has 1 saturated carbocycles. The summed E-state index contributed by atoms with van der Waals surface area (Å²) in [5.41, 5.74) is 1.25. The smallest absolute Gasteiger partial charge is 0.253 e. The quantitative estimate of drug-likeness (QED) is 0.314. The Bertz CT molecular complexity index is 1160. The highest BCUT2D eigenvalue weighted by Crippen LogP contribution is 2.30. The number of aliphatic hydroxyl groups excluding tert-OH is 1. The second-order valence-electron chi connectivity index (χ2n) is 9.49. The van der Waals surface area contributed by atoms with Crippen molar-refractivity contribution in [2.45, 2.75) is 57.3 Å². The van der Waals surface area contributed by atoms with Crippen molar-refractivity contribution in [3.63, 3.8) is 0 Å². The standard InChI is InChI=1S/C27H33FN4O5/c1-16(30-2)11-25(29)31-26(34)18-12-19(15-20(13-18)37-24-6-3-5-22(24)33)36-23-8-7-17(14-21(23)28)27(35)32-9-4-10-32/h7-8,11,13-15,19,22,24,30,33H,3-6,9-10,12H2,1-2H3,(H2,29,31,34)/b16-11-/t19?,22?,24-/m0/s1. The van der Waals surface area contributed by atoms with Crippen molar-refractivity contribution in [1.82, 2.24) is 15.5 Å². The molecule has 2 unspecified atom stereocenters. The lowest BCUT2D eigenvalue weighted by Crippen LogP contribution is -2.42. The molecule has 4 rings (SSSR count). The van der Waals surface area contributed by atoms with Crippen LogP contribution in [0.25, 0.3) is 0 Å². The van der Waals surface area contributed by atoms with Crippen LogP contribution >= 0.6 is 0 Å². The molecule has 0 bridgehead atoms. The number of likely N-dealkylation sites (tertiary alicyclic amines) is 1. The summed E-state index contributed by atoms with van der Waals surface area (Å²) in [6.45, 7) is 3.11. The molecule has 0 aromatic heterocycles. The summed E-state index contributed by atoms with van der Waals surface area (Å²) in [6.07, 6.45) is 6.14. The third kappa shape index (κ3) is 6.56. The molecule has 198 valence electrons. The highest BCUT2D eigenvalue weighted by atomic mass is 19.1. The van der Waals surface area contributed by atoms with E-state index in [1.165, 1.54) is 18.2 Å². The molecule has 1 aliphatic heterocycles. The Hall–Kier alpha value is -3.66. The lowest BCUT2D eigenvalue weighted by atomic mass is 10.00. The van der Waals surface area contributed by atoms with E-state index in [9.17, 15) is 19.1 Å². The predicted octanol–water partition coefficient (Wildman–Crippen LogP) is 2.78. The molecule has 1 heterocycles. The molecular formula is C27H33FN4O5. The highest BCUT2D eigenvalue weighted by molar-refractivity contribution is 6.09. The van der Waals surface area contributed by atoms with E-state index in [0.29, 0.717) is 43.0 Å². The van der Waals surface area contributed by atoms with E-state index in [0.717, 1.165) is 18.9 Å². The van der Waals surface area contributed by atoms with Crippen LogP contribution in [0.2, 0.25) is 0 Å². The monoisotopic (exact) mass is 512 g/mol. The molecule has 0 spiro atoms. The molecule has 37 heavy (non-hydrogen) atoms. The molecule has 1 aromatic carbocycles. The van der Waals surface area contributed by atoms with E-state index in [1.54, 1.807) is 31.0 Å². The van der Waals surface area contributed by atoms with Crippen molar-refractivity contribution in [2.24, 2.45) is 0 Å². The third-order valence-corrected chi connectivity index (χ3v) is 6.69. The zero-order valence-electron chi connectivity index (χ0n) is 21.1. The van der Waals surface area contributed by atoms with Gasteiger partial charge in [-0.1, -0.05) is 0 Å². The maximum absolute atomic E-state index is 14.9. The van der Waals surface area contributed by atoms with Gasteiger partial charge < -0.3 is 30.1 Å². The first kappa shape index (κ1) is 26.4. The Balaban J connectivity index is 1.51. The van der Waals surface area contributed by atoms with Crippen LogP contribution in [0.15, 0.2) is 53.5 Å². The summed E-state index contributed by atoms with van der Waals surface area (Å²) in [7, 11) is 1.71. The van der Waals surface area contributed by atoms with E-state index < -0.39 is 30.0 Å². The van der Waals surface area contributed by atoms with Crippen LogP contribution in [-0.2, 0) is 9.53 Å². The van der Waals surface area contributed by atoms with E-state index >= 15 is 0 Å². The Morgan fingerprint density at radius 3 is 2.62 bits per heavy atom. The number of halogens is 1. The number of rotatable bonds is 8. The van der Waals surface area contributed by atoms with Crippen molar-refractivity contribution < 1.29 is 28.6 Å². The molecule has 2 fully saturated rings. The van der Waals surface area contributed by atoms with Crippen LogP contribution < -0.4 is 15.4 Å². The average molecular weight is 513 g/mol. The molecule has 1 saturated heterocycles. The highest BCUT2D eigenvalue weighted by Gasteiger charge is 2.30. The van der Waals surface area contributed by atoms with Crippen LogP contribution in [0.5, 0.6) is 5.75 Å². The summed E-state index contributed by atoms with van der Waals surface area (Å²) in [4.78, 5) is 27.0. The van der Waals surface area contributed by atoms with Gasteiger partial charge in [-0.25, -0.2) is 4.39 Å². The van der Waals surface area contributed by atoms with Crippen molar-refractivity contribution in [1.29, 1.82) is 5.41 Å². The number of aliphatic hydroxyl groups is 1. The van der Waals surface area contributed by atoms with Crippen LogP contribution in [0.3, 0.4) is 0 Å². The van der Waals surface area contributed by atoms with E-state index in [-0.39, 0.29) is 29.5 Å². The van der Waals surface area contributed by atoms with Gasteiger partial charge in [0.15, 0.2) is 11.6 Å². The lowest BCUT2D eigenvalue weighted by molar-refractivity contribution is -0.116. The number of amides is 2. The lowest BCUT2D eigenvalue weighted by Gasteiger charge is -2.31. The first-order chi connectivity index (χ1) is 17.7. The molecule has 1 aromatic rings. The number of amidine groups is 1. The van der Waals surface area contributed by atoms with E-state index in [4.69, 9.17) is 14.9 Å². The molecule has 0 radical (unpaired) electrons. The fraction of sp³-hybridized carbons (Fsp3) is 0.444. The number of benzene rings is 1. The Morgan fingerprint density at radius 2 is 2.00 bits per heavy atom. The van der Waals surface area contributed by atoms with Gasteiger partial charge in [0.25, 0.3) is 11.8 Å². The number of hydrogen-bond donors (Lipinski definition) is 4. The summed E-state index contributed by atoms with van der Waals surface area (Å²) < 4.78 is 26.8. The van der Waals surface area contributed by atoms with E-state index in [2.05, 4.69) is 10.6 Å². The first-order valence-corrected chi connectivity index (χ1v) is 12.5. The summed E-state index contributed by atoms with van der Waals surface area (Å²) in [5, 5.41) is 23.6. The molecule has 3 atom stereocenters. The van der Waals surface area contributed by atoms with Gasteiger partial charge in [-0.3, -0.25) is 15.0 Å². The fourth-order valence-corrected chi connectivity index (χ4v) is 4.39. The van der Waals surface area contributed by atoms with Gasteiger partial charge in [0.05, 0.1) is 6.10 Å². The molecule has 10 heteroatoms. The van der Waals surface area contributed by atoms with Crippen molar-refractivity contribution in [3.05, 3.63) is 64.8 Å². The minimum Gasteiger partial charge on any atom is -0.488 e. The van der Waals surface area contributed by atoms with Gasteiger partial charge in [0.2, 0.25) is 0 Å². The summed E-state index contributed by atoms with van der Waals surface area (Å²) >= 11 is 0. The maximum atomic E-state index is 14.9. The number of ether oxygens (including phenoxy) is 2. The Labute approximate surface area is 215 Å². The minimum absolute atomic E-state index is 0.0522. The first-order valence-electron chi connectivity index (χ1n) is 12.5. The number of hydrogen-bond acceptors (Lipinski definition) is 7. The zero-order valence-corrected chi connectivity index (χ0v) is 21.1. The zero-order chi connectivity index (χ0) is 26.5. The van der Waals surface area contributed by atoms with Crippen LogP contribution in [0.1, 0.15) is 49.4 Å². The van der Waals surface area contributed by atoms with Gasteiger partial charge in [-0.05, 0) is 69.0 Å². The maximum Gasteiger partial charge on any atom is 0.253 e. The SMILES string of the molecule is CN/C(C)=C\C(=N)NC(=O)C1=CC(O[C@H]2CCCC2O)=CC(Oc2ccc(C(=O)N3CCC3)cc2F)C1. The normalized spacial score (nSPS) is 23.4. The fourth-order valence-electron chi connectivity index (χ4n) is 4.39. The number of carbonyl (C=O) groups is 2. The molecule has 9 nitrogen and oxygen atoms in total. The third-order valence-electron chi connectivity index (χ3n) is 6.69. The van der Waals surface area contributed by atoms with E-state index in [1.807, 2.05) is 0 Å². The van der Waals surface area contributed by atoms with Crippen molar-refractivity contribution >= 4 is 17.6 Å². The Morgan fingerprint density at radius 1 is 1.22 bits per heavy atom. The average Bonchev–Trinajstić information content (AvgIpc) is 3.22. The van der Waals surface area contributed by atoms with Gasteiger partial charge in [-0.15, -0.1) is 0 Å². The molecule has 2 amide bonds. The molecule has 4 N–H and O–H groups in total. The van der Waals surface area contributed by atoms with Gasteiger partial charge in [0.1, 0.15) is 23.8 Å². The number of carbonyl (C=O) groups excluding carboxylic acids is 2. The summed E-state index contributed by atoms with van der Waals surface area (Å²) in [5.74, 6) is -1.20. The second-order valence-corrected chi connectivity index (χ2v) is 9.49. The molecular weight excluding hydrogens is 479 g/mol. The number of nitrogens with zero attached hydrogens (tertiary/aromatic N) is 1. The molecule has 2 aliphatic carbocycles. The van der Waals surface area contributed by atoms with Gasteiger partial charge in [0, 0.05) is 43.4 Å². The molecule has 3 aliphatic rings. The van der Waals surface area contributed by atoms with Gasteiger partial charge in [-0.2, -0.15) is 0 Å². The minimum atomic E-state index is -0.741. The number of nitrogens with one attached hydrogen (secondary N) is 3. The van der Waals surface area contributed by atoms with Crippen molar-refractivity contribution in [3.8, 4) is 5.75 Å².